The van der Waals surface area contributed by atoms with Crippen molar-refractivity contribution in [2.45, 2.75) is 13.5 Å². The predicted molar refractivity (Wildman–Crippen MR) is 105 cm³/mol. The summed E-state index contributed by atoms with van der Waals surface area (Å²) < 4.78 is 5.82. The largest absolute Gasteiger partial charge is 0.489 e. The van der Waals surface area contributed by atoms with Crippen LogP contribution in [0.2, 0.25) is 5.02 Å². The molecule has 1 N–H and O–H groups in total. The number of rotatable bonds is 6. The lowest BCUT2D eigenvalue weighted by molar-refractivity contribution is 0.306. The van der Waals surface area contributed by atoms with Crippen LogP contribution in [0.5, 0.6) is 5.75 Å². The van der Waals surface area contributed by atoms with Crippen LogP contribution < -0.4 is 10.2 Å². The van der Waals surface area contributed by atoms with Crippen LogP contribution in [0.3, 0.4) is 0 Å². The molecule has 3 nitrogen and oxygen atoms in total. The number of nitrogens with zero attached hydrogens (tertiary/aromatic N) is 1. The Bertz CT molecular complexity index is 860. The molecule has 0 unspecified atom stereocenters. The fourth-order valence-electron chi connectivity index (χ4n) is 2.27. The number of nitrogens with one attached hydrogen (secondary N) is 1. The van der Waals surface area contributed by atoms with Gasteiger partial charge in [-0.15, -0.1) is 0 Å². The van der Waals surface area contributed by atoms with Crippen molar-refractivity contribution >= 4 is 23.5 Å². The summed E-state index contributed by atoms with van der Waals surface area (Å²) in [5.74, 6) is 0.777. The number of aryl methyl sites for hydroxylation is 1. The zero-order valence-electron chi connectivity index (χ0n) is 13.9. The van der Waals surface area contributed by atoms with Crippen LogP contribution in [-0.2, 0) is 6.61 Å². The maximum atomic E-state index is 6.15. The lowest BCUT2D eigenvalue weighted by Crippen LogP contribution is -1.97. The summed E-state index contributed by atoms with van der Waals surface area (Å²) >= 11 is 6.15. The number of hydrazone groups is 1. The van der Waals surface area contributed by atoms with E-state index in [2.05, 4.69) is 17.5 Å². The minimum atomic E-state index is 0.432. The second-order valence-electron chi connectivity index (χ2n) is 5.69. The Kier molecular flexibility index (Phi) is 5.70. The van der Waals surface area contributed by atoms with Gasteiger partial charge in [-0.3, -0.25) is 5.43 Å². The van der Waals surface area contributed by atoms with Crippen molar-refractivity contribution in [3.05, 3.63) is 94.5 Å². The van der Waals surface area contributed by atoms with Gasteiger partial charge in [-0.25, -0.2) is 0 Å². The molecule has 3 aromatic rings. The third-order valence-corrected chi connectivity index (χ3v) is 4.04. The van der Waals surface area contributed by atoms with Crippen molar-refractivity contribution in [3.8, 4) is 5.75 Å². The molecule has 0 radical (unpaired) electrons. The maximum Gasteiger partial charge on any atom is 0.120 e. The minimum absolute atomic E-state index is 0.432. The quantitative estimate of drug-likeness (QED) is 0.458. The Morgan fingerprint density at radius 2 is 1.80 bits per heavy atom. The zero-order valence-corrected chi connectivity index (χ0v) is 14.7. The summed E-state index contributed by atoms with van der Waals surface area (Å²) in [4.78, 5) is 0. The average Bonchev–Trinajstić information content (AvgIpc) is 2.63. The van der Waals surface area contributed by atoms with Crippen molar-refractivity contribution in [3.63, 3.8) is 0 Å². The molecule has 25 heavy (non-hydrogen) atoms. The van der Waals surface area contributed by atoms with Crippen molar-refractivity contribution in [1.29, 1.82) is 0 Å². The van der Waals surface area contributed by atoms with Crippen LogP contribution in [0.4, 0.5) is 5.69 Å². The Morgan fingerprint density at radius 3 is 2.60 bits per heavy atom. The molecule has 0 aromatic heterocycles. The van der Waals surface area contributed by atoms with Crippen molar-refractivity contribution < 1.29 is 4.74 Å². The topological polar surface area (TPSA) is 33.6 Å². The Labute approximate surface area is 152 Å². The molecule has 0 bridgehead atoms. The molecule has 0 aliphatic heterocycles. The van der Waals surface area contributed by atoms with Crippen LogP contribution in [0, 0.1) is 6.92 Å². The maximum absolute atomic E-state index is 6.15. The first kappa shape index (κ1) is 17.1. The highest BCUT2D eigenvalue weighted by Crippen LogP contribution is 2.19. The molecule has 126 valence electrons. The smallest absolute Gasteiger partial charge is 0.120 e. The molecule has 4 heteroatoms. The van der Waals surface area contributed by atoms with E-state index in [9.17, 15) is 0 Å². The van der Waals surface area contributed by atoms with Gasteiger partial charge in [0.25, 0.3) is 0 Å². The van der Waals surface area contributed by atoms with E-state index in [1.54, 1.807) is 6.21 Å². The minimum Gasteiger partial charge on any atom is -0.489 e. The number of benzene rings is 3. The van der Waals surface area contributed by atoms with E-state index in [-0.39, 0.29) is 0 Å². The summed E-state index contributed by atoms with van der Waals surface area (Å²) in [6, 6.07) is 23.5. The number of halogens is 1. The van der Waals surface area contributed by atoms with Gasteiger partial charge in [-0.2, -0.15) is 5.10 Å². The van der Waals surface area contributed by atoms with E-state index in [4.69, 9.17) is 16.3 Å². The van der Waals surface area contributed by atoms with Crippen LogP contribution in [0.15, 0.2) is 77.9 Å². The molecule has 0 amide bonds. The molecule has 0 heterocycles. The third kappa shape index (κ3) is 5.10. The summed E-state index contributed by atoms with van der Waals surface area (Å²) in [7, 11) is 0. The fourth-order valence-corrected chi connectivity index (χ4v) is 2.46. The molecule has 0 spiro atoms. The Morgan fingerprint density at radius 1 is 1.00 bits per heavy atom. The first-order valence-corrected chi connectivity index (χ1v) is 8.40. The van der Waals surface area contributed by atoms with E-state index in [0.29, 0.717) is 11.6 Å². The molecule has 0 aliphatic carbocycles. The molecule has 0 saturated carbocycles. The summed E-state index contributed by atoms with van der Waals surface area (Å²) in [6.45, 7) is 2.49. The molecular formula is C21H19ClN2O. The van der Waals surface area contributed by atoms with Crippen molar-refractivity contribution in [1.82, 2.24) is 0 Å². The van der Waals surface area contributed by atoms with E-state index in [0.717, 1.165) is 22.6 Å². The Balaban J connectivity index is 1.60. The molecule has 0 saturated heterocycles. The lowest BCUT2D eigenvalue weighted by atomic mass is 10.2. The number of ether oxygens (including phenoxy) is 1. The highest BCUT2D eigenvalue weighted by Gasteiger charge is 2.01. The molecule has 0 aliphatic rings. The van der Waals surface area contributed by atoms with Crippen LogP contribution in [-0.4, -0.2) is 6.21 Å². The standard InChI is InChI=1S/C21H19ClN2O/c1-16-9-11-19(12-10-16)24-23-14-17-5-4-7-20(13-17)25-15-18-6-2-3-8-21(18)22/h2-14,24H,15H2,1H3. The molecular weight excluding hydrogens is 332 g/mol. The number of hydrogen-bond acceptors (Lipinski definition) is 3. The van der Waals surface area contributed by atoms with E-state index < -0.39 is 0 Å². The van der Waals surface area contributed by atoms with Gasteiger partial charge < -0.3 is 4.74 Å². The van der Waals surface area contributed by atoms with Crippen LogP contribution in [0.25, 0.3) is 0 Å². The van der Waals surface area contributed by atoms with Crippen molar-refractivity contribution in [2.75, 3.05) is 5.43 Å². The zero-order chi connectivity index (χ0) is 17.5. The van der Waals surface area contributed by atoms with Gasteiger partial charge in [-0.1, -0.05) is 59.6 Å². The lowest BCUT2D eigenvalue weighted by Gasteiger charge is -2.08. The number of anilines is 1. The normalized spacial score (nSPS) is 10.8. The first-order chi connectivity index (χ1) is 12.2. The second-order valence-corrected chi connectivity index (χ2v) is 6.10. The van der Waals surface area contributed by atoms with Gasteiger partial charge >= 0.3 is 0 Å². The SMILES string of the molecule is Cc1ccc(NN=Cc2cccc(OCc3ccccc3Cl)c2)cc1. The fraction of sp³-hybridized carbons (Fsp3) is 0.0952. The third-order valence-electron chi connectivity index (χ3n) is 3.67. The Hall–Kier alpha value is -2.78. The van der Waals surface area contributed by atoms with E-state index in [1.807, 2.05) is 72.8 Å². The summed E-state index contributed by atoms with van der Waals surface area (Å²) in [5, 5.41) is 4.97. The highest BCUT2D eigenvalue weighted by atomic mass is 35.5. The highest BCUT2D eigenvalue weighted by molar-refractivity contribution is 6.31. The first-order valence-electron chi connectivity index (χ1n) is 8.03. The number of hydrogen-bond donors (Lipinski definition) is 1. The van der Waals surface area contributed by atoms with Gasteiger partial charge in [0.15, 0.2) is 0 Å². The molecule has 0 fully saturated rings. The van der Waals surface area contributed by atoms with Gasteiger partial charge in [0.1, 0.15) is 12.4 Å². The van der Waals surface area contributed by atoms with Gasteiger partial charge in [0.05, 0.1) is 11.9 Å². The second kappa shape index (κ2) is 8.36. The van der Waals surface area contributed by atoms with E-state index >= 15 is 0 Å². The molecule has 0 atom stereocenters. The average molecular weight is 351 g/mol. The monoisotopic (exact) mass is 350 g/mol. The van der Waals surface area contributed by atoms with Crippen LogP contribution >= 0.6 is 11.6 Å². The van der Waals surface area contributed by atoms with Crippen molar-refractivity contribution in [2.24, 2.45) is 5.10 Å². The summed E-state index contributed by atoms with van der Waals surface area (Å²) in [5.41, 5.74) is 7.11. The van der Waals surface area contributed by atoms with Crippen LogP contribution in [0.1, 0.15) is 16.7 Å². The molecule has 3 rings (SSSR count). The van der Waals surface area contributed by atoms with Gasteiger partial charge in [0.2, 0.25) is 0 Å². The van der Waals surface area contributed by atoms with E-state index in [1.165, 1.54) is 5.56 Å². The molecule has 3 aromatic carbocycles. The van der Waals surface area contributed by atoms with Gasteiger partial charge in [-0.05, 0) is 42.8 Å². The summed E-state index contributed by atoms with van der Waals surface area (Å²) in [6.07, 6.45) is 1.77. The predicted octanol–water partition coefficient (Wildman–Crippen LogP) is 5.67. The van der Waals surface area contributed by atoms with Gasteiger partial charge in [0, 0.05) is 10.6 Å².